The molecule has 0 aliphatic carbocycles. The van der Waals surface area contributed by atoms with Gasteiger partial charge in [-0.2, -0.15) is 0 Å². The number of piperazine rings is 1. The zero-order chi connectivity index (χ0) is 17.8. The van der Waals surface area contributed by atoms with Crippen LogP contribution < -0.4 is 9.64 Å². The number of hydrogen-bond acceptors (Lipinski definition) is 5. The summed E-state index contributed by atoms with van der Waals surface area (Å²) in [6.45, 7) is 4.56. The lowest BCUT2D eigenvalue weighted by atomic mass is 10.1. The van der Waals surface area contributed by atoms with Crippen molar-refractivity contribution in [1.82, 2.24) is 4.90 Å². The number of furan rings is 1. The van der Waals surface area contributed by atoms with Crippen LogP contribution in [0.25, 0.3) is 0 Å². The van der Waals surface area contributed by atoms with Crippen molar-refractivity contribution in [2.45, 2.75) is 19.6 Å². The van der Waals surface area contributed by atoms with E-state index in [1.807, 2.05) is 29.2 Å². The number of amides is 1. The normalized spacial score (nSPS) is 17.6. The van der Waals surface area contributed by atoms with E-state index in [9.17, 15) is 4.79 Å². The van der Waals surface area contributed by atoms with Crippen molar-refractivity contribution in [2.75, 3.05) is 38.8 Å². The van der Waals surface area contributed by atoms with Crippen molar-refractivity contribution in [3.05, 3.63) is 47.9 Å². The van der Waals surface area contributed by atoms with Crippen LogP contribution in [0, 0.1) is 0 Å². The molecule has 0 saturated carbocycles. The number of rotatable bonds is 5. The van der Waals surface area contributed by atoms with Crippen LogP contribution in [0.1, 0.15) is 23.2 Å². The van der Waals surface area contributed by atoms with Crippen molar-refractivity contribution in [1.29, 1.82) is 0 Å². The molecule has 2 aromatic rings. The van der Waals surface area contributed by atoms with Crippen molar-refractivity contribution < 1.29 is 18.7 Å². The van der Waals surface area contributed by atoms with Crippen LogP contribution in [0.4, 0.5) is 5.69 Å². The first-order chi connectivity index (χ1) is 12.1. The zero-order valence-corrected chi connectivity index (χ0v) is 14.9. The van der Waals surface area contributed by atoms with E-state index < -0.39 is 0 Å². The Kier molecular flexibility index (Phi) is 5.28. The molecule has 1 aliphatic rings. The molecule has 1 aliphatic heterocycles. The van der Waals surface area contributed by atoms with E-state index in [1.54, 1.807) is 26.4 Å². The molecular weight excluding hydrogens is 320 g/mol. The van der Waals surface area contributed by atoms with Gasteiger partial charge < -0.3 is 23.7 Å². The summed E-state index contributed by atoms with van der Waals surface area (Å²) < 4.78 is 16.1. The minimum absolute atomic E-state index is 0.0714. The third kappa shape index (κ3) is 3.64. The average Bonchev–Trinajstić information content (AvgIpc) is 3.10. The molecule has 0 radical (unpaired) electrons. The molecule has 2 heterocycles. The van der Waals surface area contributed by atoms with E-state index in [-0.39, 0.29) is 11.9 Å². The Labute approximate surface area is 147 Å². The highest BCUT2D eigenvalue weighted by atomic mass is 16.5. The summed E-state index contributed by atoms with van der Waals surface area (Å²) in [5.74, 6) is 1.80. The van der Waals surface area contributed by atoms with Gasteiger partial charge >= 0.3 is 0 Å². The summed E-state index contributed by atoms with van der Waals surface area (Å²) in [7, 11) is 3.28. The summed E-state index contributed by atoms with van der Waals surface area (Å²) in [5, 5.41) is 0. The van der Waals surface area contributed by atoms with Gasteiger partial charge in [-0.3, -0.25) is 4.79 Å². The van der Waals surface area contributed by atoms with E-state index in [0.717, 1.165) is 24.5 Å². The van der Waals surface area contributed by atoms with Crippen LogP contribution in [0.15, 0.2) is 40.8 Å². The predicted octanol–water partition coefficient (Wildman–Crippen LogP) is 2.79. The van der Waals surface area contributed by atoms with Crippen molar-refractivity contribution >= 4 is 11.6 Å². The van der Waals surface area contributed by atoms with Crippen LogP contribution in [-0.4, -0.2) is 50.7 Å². The Hall–Kier alpha value is -2.47. The molecular formula is C19H24N2O4. The number of methoxy groups -OCH3 is 2. The first kappa shape index (κ1) is 17.4. The molecule has 1 unspecified atom stereocenters. The number of hydrogen-bond donors (Lipinski definition) is 0. The first-order valence-corrected chi connectivity index (χ1v) is 8.40. The van der Waals surface area contributed by atoms with Gasteiger partial charge in [0.05, 0.1) is 12.8 Å². The number of ether oxygens (including phenoxy) is 2. The summed E-state index contributed by atoms with van der Waals surface area (Å²) in [5.41, 5.74) is 1.06. The summed E-state index contributed by atoms with van der Waals surface area (Å²) in [4.78, 5) is 16.9. The summed E-state index contributed by atoms with van der Waals surface area (Å²) in [6.07, 6.45) is 0. The van der Waals surface area contributed by atoms with Gasteiger partial charge in [0.25, 0.3) is 5.91 Å². The molecule has 6 heteroatoms. The largest absolute Gasteiger partial charge is 0.495 e. The van der Waals surface area contributed by atoms with Crippen LogP contribution >= 0.6 is 0 Å². The molecule has 6 nitrogen and oxygen atoms in total. The predicted molar refractivity (Wildman–Crippen MR) is 95.1 cm³/mol. The van der Waals surface area contributed by atoms with Gasteiger partial charge in [0.15, 0.2) is 5.76 Å². The Morgan fingerprint density at radius 2 is 2.00 bits per heavy atom. The maximum Gasteiger partial charge on any atom is 0.289 e. The number of carbonyl (C=O) groups excluding carboxylic acids is 1. The van der Waals surface area contributed by atoms with Crippen molar-refractivity contribution in [3.63, 3.8) is 0 Å². The van der Waals surface area contributed by atoms with E-state index in [0.29, 0.717) is 24.7 Å². The number of benzene rings is 1. The molecule has 0 bridgehead atoms. The maximum atomic E-state index is 12.7. The molecule has 1 aromatic heterocycles. The van der Waals surface area contributed by atoms with E-state index >= 15 is 0 Å². The molecule has 1 atom stereocenters. The first-order valence-electron chi connectivity index (χ1n) is 8.40. The molecule has 1 amide bonds. The van der Waals surface area contributed by atoms with Gasteiger partial charge in [-0.25, -0.2) is 0 Å². The molecule has 134 valence electrons. The summed E-state index contributed by atoms with van der Waals surface area (Å²) >= 11 is 0. The number of carbonyl (C=O) groups is 1. The van der Waals surface area contributed by atoms with Crippen molar-refractivity contribution in [3.8, 4) is 5.75 Å². The standard InChI is InChI=1S/C19H24N2O4/c1-14-12-20(16-6-4-5-7-17(16)24-3)10-11-21(14)19(22)18-9-8-15(25-18)13-23-2/h4-9,14H,10-13H2,1-3H3. The number of anilines is 1. The molecule has 1 saturated heterocycles. The van der Waals surface area contributed by atoms with Gasteiger partial charge in [0, 0.05) is 32.8 Å². The Bertz CT molecular complexity index is 728. The highest BCUT2D eigenvalue weighted by Crippen LogP contribution is 2.29. The van der Waals surface area contributed by atoms with Crippen LogP contribution in [0.2, 0.25) is 0 Å². The fraction of sp³-hybridized carbons (Fsp3) is 0.421. The van der Waals surface area contributed by atoms with Crippen LogP contribution in [0.3, 0.4) is 0 Å². The second kappa shape index (κ2) is 7.61. The van der Waals surface area contributed by atoms with Crippen LogP contribution in [0.5, 0.6) is 5.75 Å². The molecule has 1 aromatic carbocycles. The lowest BCUT2D eigenvalue weighted by Crippen LogP contribution is -2.54. The molecule has 3 rings (SSSR count). The van der Waals surface area contributed by atoms with Gasteiger partial charge in [-0.1, -0.05) is 12.1 Å². The molecule has 0 N–H and O–H groups in total. The summed E-state index contributed by atoms with van der Waals surface area (Å²) in [6, 6.07) is 11.5. The minimum atomic E-state index is -0.0745. The van der Waals surface area contributed by atoms with Crippen molar-refractivity contribution in [2.24, 2.45) is 0 Å². The fourth-order valence-electron chi connectivity index (χ4n) is 3.22. The van der Waals surface area contributed by atoms with Gasteiger partial charge in [0.2, 0.25) is 0 Å². The third-order valence-corrected chi connectivity index (χ3v) is 4.47. The van der Waals surface area contributed by atoms with Crippen LogP contribution in [-0.2, 0) is 11.3 Å². The highest BCUT2D eigenvalue weighted by Gasteiger charge is 2.30. The highest BCUT2D eigenvalue weighted by molar-refractivity contribution is 5.92. The smallest absolute Gasteiger partial charge is 0.289 e. The maximum absolute atomic E-state index is 12.7. The van der Waals surface area contributed by atoms with E-state index in [1.165, 1.54) is 0 Å². The topological polar surface area (TPSA) is 55.2 Å². The third-order valence-electron chi connectivity index (χ3n) is 4.47. The number of nitrogens with zero attached hydrogens (tertiary/aromatic N) is 2. The average molecular weight is 344 g/mol. The second-order valence-corrected chi connectivity index (χ2v) is 6.16. The minimum Gasteiger partial charge on any atom is -0.495 e. The van der Waals surface area contributed by atoms with E-state index in [4.69, 9.17) is 13.9 Å². The molecule has 25 heavy (non-hydrogen) atoms. The molecule has 1 fully saturated rings. The molecule has 0 spiro atoms. The Balaban J connectivity index is 1.69. The lowest BCUT2D eigenvalue weighted by Gasteiger charge is -2.41. The lowest BCUT2D eigenvalue weighted by molar-refractivity contribution is 0.0634. The zero-order valence-electron chi connectivity index (χ0n) is 14.9. The van der Waals surface area contributed by atoms with E-state index in [2.05, 4.69) is 11.8 Å². The SMILES string of the molecule is COCc1ccc(C(=O)N2CCN(c3ccccc3OC)CC2C)o1. The second-order valence-electron chi connectivity index (χ2n) is 6.16. The fourth-order valence-corrected chi connectivity index (χ4v) is 3.22. The quantitative estimate of drug-likeness (QED) is 0.835. The van der Waals surface area contributed by atoms with Gasteiger partial charge in [-0.15, -0.1) is 0 Å². The van der Waals surface area contributed by atoms with Gasteiger partial charge in [0.1, 0.15) is 18.1 Å². The Morgan fingerprint density at radius 3 is 2.72 bits per heavy atom. The Morgan fingerprint density at radius 1 is 1.20 bits per heavy atom. The monoisotopic (exact) mass is 344 g/mol. The number of para-hydroxylation sites is 2. The van der Waals surface area contributed by atoms with Gasteiger partial charge in [-0.05, 0) is 31.2 Å².